The van der Waals surface area contributed by atoms with Gasteiger partial charge in [0, 0.05) is 17.8 Å². The summed E-state index contributed by atoms with van der Waals surface area (Å²) < 4.78 is 12.6. The smallest absolute Gasteiger partial charge is 0.327 e. The summed E-state index contributed by atoms with van der Waals surface area (Å²) in [7, 11) is 0. The van der Waals surface area contributed by atoms with E-state index in [2.05, 4.69) is 5.16 Å². The third-order valence-corrected chi connectivity index (χ3v) is 7.08. The Hall–Kier alpha value is -2.91. The summed E-state index contributed by atoms with van der Waals surface area (Å²) >= 11 is 6.49. The topological polar surface area (TPSA) is 143 Å². The molecule has 2 atom stereocenters. The second kappa shape index (κ2) is 7.05. The molecule has 9 nitrogen and oxygen atoms in total. The molecule has 4 N–H and O–H groups in total. The first-order valence-electron chi connectivity index (χ1n) is 10.6. The fourth-order valence-corrected chi connectivity index (χ4v) is 5.01. The molecule has 1 amide bonds. The summed E-state index contributed by atoms with van der Waals surface area (Å²) in [5.74, 6) is -0.984. The van der Waals surface area contributed by atoms with E-state index >= 15 is 0 Å². The molecule has 168 valence electrons. The number of carbonyl (C=O) groups excluding carboxylic acids is 2. The Bertz CT molecular complexity index is 1340. The van der Waals surface area contributed by atoms with Gasteiger partial charge in [0.25, 0.3) is 11.5 Å². The zero-order valence-corrected chi connectivity index (χ0v) is 18.3. The number of amides is 1. The SMILES string of the molecule is Cc1onc2c1c(=O)n(C1CCCC(OC(=O)C3(N)CC3)(C(N)=O)C1)c1cccc(Cl)c21. The van der Waals surface area contributed by atoms with Crippen LogP contribution in [0.1, 0.15) is 50.3 Å². The Morgan fingerprint density at radius 3 is 2.72 bits per heavy atom. The predicted molar refractivity (Wildman–Crippen MR) is 117 cm³/mol. The molecular weight excluding hydrogens is 436 g/mol. The zero-order chi connectivity index (χ0) is 22.8. The van der Waals surface area contributed by atoms with Gasteiger partial charge in [-0.05, 0) is 51.2 Å². The third-order valence-electron chi connectivity index (χ3n) is 6.76. The van der Waals surface area contributed by atoms with Crippen LogP contribution in [0.3, 0.4) is 0 Å². The Morgan fingerprint density at radius 1 is 1.28 bits per heavy atom. The summed E-state index contributed by atoms with van der Waals surface area (Å²) in [6.45, 7) is 1.66. The second-order valence-corrected chi connectivity index (χ2v) is 9.33. The molecule has 2 unspecified atom stereocenters. The molecule has 0 spiro atoms. The third kappa shape index (κ3) is 3.02. The molecule has 3 aromatic rings. The lowest BCUT2D eigenvalue weighted by molar-refractivity contribution is -0.174. The summed E-state index contributed by atoms with van der Waals surface area (Å²) in [6.07, 6.45) is 2.50. The highest BCUT2D eigenvalue weighted by Gasteiger charge is 2.53. The standard InChI is InChI=1S/C22H23ClN4O5/c1-11-15-17(26-32-11)16-13(23)5-2-6-14(16)27(18(15)28)12-4-3-7-22(10-12,19(24)29)31-20(30)21(25)8-9-21/h2,5-6,12H,3-4,7-10,25H2,1H3,(H2,24,29). The van der Waals surface area contributed by atoms with Crippen molar-refractivity contribution in [2.45, 2.75) is 62.6 Å². The summed E-state index contributed by atoms with van der Waals surface area (Å²) in [4.78, 5) is 38.7. The number of esters is 1. The van der Waals surface area contributed by atoms with Crippen LogP contribution in [-0.2, 0) is 14.3 Å². The van der Waals surface area contributed by atoms with E-state index in [4.69, 9.17) is 32.3 Å². The number of fused-ring (bicyclic) bond motifs is 3. The van der Waals surface area contributed by atoms with Gasteiger partial charge in [-0.2, -0.15) is 0 Å². The van der Waals surface area contributed by atoms with Gasteiger partial charge >= 0.3 is 5.97 Å². The van der Waals surface area contributed by atoms with Crippen LogP contribution < -0.4 is 17.0 Å². The molecule has 0 aliphatic heterocycles. The Morgan fingerprint density at radius 2 is 2.03 bits per heavy atom. The van der Waals surface area contributed by atoms with Crippen molar-refractivity contribution in [3.05, 3.63) is 39.3 Å². The lowest BCUT2D eigenvalue weighted by Crippen LogP contribution is -2.54. The number of pyridine rings is 1. The van der Waals surface area contributed by atoms with Gasteiger partial charge in [-0.3, -0.25) is 14.4 Å². The highest BCUT2D eigenvalue weighted by molar-refractivity contribution is 6.37. The van der Waals surface area contributed by atoms with E-state index in [0.717, 1.165) is 0 Å². The molecule has 10 heteroatoms. The van der Waals surface area contributed by atoms with E-state index in [-0.39, 0.29) is 18.4 Å². The number of nitrogens with two attached hydrogens (primary N) is 2. The number of hydrogen-bond acceptors (Lipinski definition) is 7. The second-order valence-electron chi connectivity index (χ2n) is 8.93. The largest absolute Gasteiger partial charge is 0.447 e. The predicted octanol–water partition coefficient (Wildman–Crippen LogP) is 2.48. The number of carbonyl (C=O) groups is 2. The van der Waals surface area contributed by atoms with Crippen LogP contribution in [0.5, 0.6) is 0 Å². The van der Waals surface area contributed by atoms with Crippen LogP contribution in [0, 0.1) is 6.92 Å². The summed E-state index contributed by atoms with van der Waals surface area (Å²) in [5.41, 5.74) is 9.80. The number of nitrogens with zero attached hydrogens (tertiary/aromatic N) is 2. The van der Waals surface area contributed by atoms with E-state index < -0.39 is 29.1 Å². The molecule has 2 fully saturated rings. The highest BCUT2D eigenvalue weighted by atomic mass is 35.5. The van der Waals surface area contributed by atoms with Crippen LogP contribution in [0.15, 0.2) is 27.5 Å². The minimum atomic E-state index is -1.53. The molecule has 0 bridgehead atoms. The van der Waals surface area contributed by atoms with Crippen LogP contribution >= 0.6 is 11.6 Å². The first-order valence-corrected chi connectivity index (χ1v) is 11.0. The number of benzene rings is 1. The monoisotopic (exact) mass is 458 g/mol. The van der Waals surface area contributed by atoms with Gasteiger partial charge in [0.2, 0.25) is 0 Å². The van der Waals surface area contributed by atoms with Gasteiger partial charge in [-0.15, -0.1) is 0 Å². The number of aromatic nitrogens is 2. The molecule has 5 rings (SSSR count). The van der Waals surface area contributed by atoms with Gasteiger partial charge in [-0.25, -0.2) is 0 Å². The Balaban J connectivity index is 1.66. The van der Waals surface area contributed by atoms with E-state index in [1.165, 1.54) is 0 Å². The number of primary amides is 1. The first kappa shape index (κ1) is 21.0. The van der Waals surface area contributed by atoms with Gasteiger partial charge in [0.05, 0.1) is 10.5 Å². The zero-order valence-electron chi connectivity index (χ0n) is 17.5. The van der Waals surface area contributed by atoms with Crippen molar-refractivity contribution in [1.29, 1.82) is 0 Å². The van der Waals surface area contributed by atoms with Crippen LogP contribution in [-0.4, -0.2) is 32.7 Å². The molecule has 32 heavy (non-hydrogen) atoms. The molecule has 2 aliphatic carbocycles. The van der Waals surface area contributed by atoms with Crippen LogP contribution in [0.25, 0.3) is 21.8 Å². The van der Waals surface area contributed by atoms with E-state index in [1.807, 2.05) is 0 Å². The number of halogens is 1. The van der Waals surface area contributed by atoms with Crippen molar-refractivity contribution in [1.82, 2.24) is 9.72 Å². The van der Waals surface area contributed by atoms with E-state index in [9.17, 15) is 14.4 Å². The van der Waals surface area contributed by atoms with Crippen LogP contribution in [0.4, 0.5) is 0 Å². The van der Waals surface area contributed by atoms with Gasteiger partial charge in [0.15, 0.2) is 5.60 Å². The van der Waals surface area contributed by atoms with E-state index in [1.54, 1.807) is 29.7 Å². The van der Waals surface area contributed by atoms with E-state index in [0.29, 0.717) is 58.3 Å². The molecule has 0 saturated heterocycles. The van der Waals surface area contributed by atoms with Gasteiger partial charge in [0.1, 0.15) is 22.2 Å². The maximum absolute atomic E-state index is 13.6. The number of aryl methyl sites for hydroxylation is 1. The van der Waals surface area contributed by atoms with Crippen molar-refractivity contribution in [2.75, 3.05) is 0 Å². The highest BCUT2D eigenvalue weighted by Crippen LogP contribution is 2.42. The maximum Gasteiger partial charge on any atom is 0.327 e. The molecular formula is C22H23ClN4O5. The summed E-state index contributed by atoms with van der Waals surface area (Å²) in [5, 5.41) is 5.40. The molecule has 2 aromatic heterocycles. The molecule has 2 aliphatic rings. The van der Waals surface area contributed by atoms with Crippen molar-refractivity contribution in [2.24, 2.45) is 11.5 Å². The minimum Gasteiger partial charge on any atom is -0.447 e. The van der Waals surface area contributed by atoms with Crippen molar-refractivity contribution >= 4 is 45.3 Å². The molecule has 0 radical (unpaired) electrons. The normalized spacial score (nSPS) is 24.5. The number of rotatable bonds is 4. The van der Waals surface area contributed by atoms with Crippen LogP contribution in [0.2, 0.25) is 5.02 Å². The number of hydrogen-bond donors (Lipinski definition) is 2. The minimum absolute atomic E-state index is 0.0709. The lowest BCUT2D eigenvalue weighted by Gasteiger charge is -2.39. The fourth-order valence-electron chi connectivity index (χ4n) is 4.75. The summed E-state index contributed by atoms with van der Waals surface area (Å²) in [6, 6.07) is 4.78. The number of ether oxygens (including phenoxy) is 1. The Kier molecular flexibility index (Phi) is 4.62. The average Bonchev–Trinajstić information content (AvgIpc) is 3.39. The van der Waals surface area contributed by atoms with Crippen molar-refractivity contribution < 1.29 is 18.8 Å². The van der Waals surface area contributed by atoms with Gasteiger partial charge in [-0.1, -0.05) is 22.8 Å². The van der Waals surface area contributed by atoms with Gasteiger partial charge < -0.3 is 25.3 Å². The lowest BCUT2D eigenvalue weighted by atomic mass is 9.80. The molecule has 2 saturated carbocycles. The maximum atomic E-state index is 13.6. The molecule has 2 heterocycles. The first-order chi connectivity index (χ1) is 15.2. The quantitative estimate of drug-likeness (QED) is 0.571. The fraction of sp³-hybridized carbons (Fsp3) is 0.455. The Labute approximate surface area is 187 Å². The van der Waals surface area contributed by atoms with Crippen molar-refractivity contribution in [3.63, 3.8) is 0 Å². The molecule has 1 aromatic carbocycles. The van der Waals surface area contributed by atoms with Crippen molar-refractivity contribution in [3.8, 4) is 0 Å². The average molecular weight is 459 g/mol.